The largest absolute Gasteiger partial charge is 0.347 e. The SMILES string of the molecule is O=C(NC(CCN1CCC2(CC1)CCN(Cc1ccc(Br)cc1)C2=O)c1ccccn1)C1CC1. The number of pyridine rings is 1. The van der Waals surface area contributed by atoms with Gasteiger partial charge in [-0.2, -0.15) is 0 Å². The van der Waals surface area contributed by atoms with Gasteiger partial charge in [-0.15, -0.1) is 0 Å². The summed E-state index contributed by atoms with van der Waals surface area (Å²) in [5.41, 5.74) is 1.92. The molecule has 2 saturated heterocycles. The molecule has 1 aromatic carbocycles. The molecule has 7 heteroatoms. The van der Waals surface area contributed by atoms with E-state index in [2.05, 4.69) is 43.3 Å². The Balaban J connectivity index is 1.14. The minimum absolute atomic E-state index is 0.0558. The molecule has 0 radical (unpaired) electrons. The van der Waals surface area contributed by atoms with Crippen molar-refractivity contribution < 1.29 is 9.59 Å². The van der Waals surface area contributed by atoms with Crippen LogP contribution in [0.15, 0.2) is 53.1 Å². The van der Waals surface area contributed by atoms with Crippen molar-refractivity contribution >= 4 is 27.7 Å². The standard InChI is InChI=1S/C27H33BrN4O2/c28-22-8-4-20(5-9-22)19-32-18-13-27(26(32)34)11-16-31(17-12-27)15-10-24(23-3-1-2-14-29-23)30-25(33)21-6-7-21/h1-5,8-9,14,21,24H,6-7,10-13,15-19H2,(H,30,33). The van der Waals surface area contributed by atoms with E-state index in [1.807, 2.05) is 35.2 Å². The minimum Gasteiger partial charge on any atom is -0.347 e. The molecule has 3 aliphatic rings. The average Bonchev–Trinajstić information content (AvgIpc) is 3.68. The lowest BCUT2D eigenvalue weighted by Crippen LogP contribution is -2.45. The molecule has 1 atom stereocenters. The average molecular weight is 525 g/mol. The maximum Gasteiger partial charge on any atom is 0.229 e. The molecule has 1 unspecified atom stereocenters. The lowest BCUT2D eigenvalue weighted by molar-refractivity contribution is -0.139. The van der Waals surface area contributed by atoms with Gasteiger partial charge in [-0.1, -0.05) is 34.1 Å². The molecule has 3 fully saturated rings. The fourth-order valence-corrected chi connectivity index (χ4v) is 5.61. The lowest BCUT2D eigenvalue weighted by Gasteiger charge is -2.38. The van der Waals surface area contributed by atoms with Gasteiger partial charge in [0, 0.05) is 36.2 Å². The predicted octanol–water partition coefficient (Wildman–Crippen LogP) is 4.32. The van der Waals surface area contributed by atoms with E-state index < -0.39 is 0 Å². The van der Waals surface area contributed by atoms with Crippen molar-refractivity contribution in [2.75, 3.05) is 26.2 Å². The first-order valence-corrected chi connectivity index (χ1v) is 13.3. The quantitative estimate of drug-likeness (QED) is 0.558. The van der Waals surface area contributed by atoms with Crippen LogP contribution in [0, 0.1) is 11.3 Å². The van der Waals surface area contributed by atoms with Crippen LogP contribution in [-0.4, -0.2) is 52.8 Å². The number of halogens is 1. The predicted molar refractivity (Wildman–Crippen MR) is 135 cm³/mol. The number of carbonyl (C=O) groups excluding carboxylic acids is 2. The van der Waals surface area contributed by atoms with E-state index in [0.29, 0.717) is 12.5 Å². The van der Waals surface area contributed by atoms with Crippen molar-refractivity contribution in [1.29, 1.82) is 0 Å². The first-order valence-electron chi connectivity index (χ1n) is 12.5. The Morgan fingerprint density at radius 3 is 2.50 bits per heavy atom. The Kier molecular flexibility index (Phi) is 7.02. The van der Waals surface area contributed by atoms with Crippen LogP contribution in [0.5, 0.6) is 0 Å². The summed E-state index contributed by atoms with van der Waals surface area (Å²) in [5, 5.41) is 3.23. The van der Waals surface area contributed by atoms with Crippen LogP contribution in [0.25, 0.3) is 0 Å². The van der Waals surface area contributed by atoms with Gasteiger partial charge in [-0.05, 0) is 81.4 Å². The summed E-state index contributed by atoms with van der Waals surface area (Å²) >= 11 is 3.48. The molecule has 5 rings (SSSR count). The molecule has 1 aliphatic carbocycles. The summed E-state index contributed by atoms with van der Waals surface area (Å²) in [4.78, 5) is 34.8. The number of benzene rings is 1. The summed E-state index contributed by atoms with van der Waals surface area (Å²) in [7, 11) is 0. The number of nitrogens with one attached hydrogen (secondary N) is 1. The lowest BCUT2D eigenvalue weighted by atomic mass is 9.77. The van der Waals surface area contributed by atoms with Crippen molar-refractivity contribution in [2.45, 2.75) is 51.1 Å². The Morgan fingerprint density at radius 2 is 1.82 bits per heavy atom. The second-order valence-electron chi connectivity index (χ2n) is 10.1. The highest BCUT2D eigenvalue weighted by Crippen LogP contribution is 2.42. The van der Waals surface area contributed by atoms with E-state index in [1.54, 1.807) is 6.20 Å². The van der Waals surface area contributed by atoms with Gasteiger partial charge in [0.2, 0.25) is 11.8 Å². The Morgan fingerprint density at radius 1 is 1.09 bits per heavy atom. The number of rotatable bonds is 8. The summed E-state index contributed by atoms with van der Waals surface area (Å²) in [6, 6.07) is 14.1. The van der Waals surface area contributed by atoms with Gasteiger partial charge >= 0.3 is 0 Å². The molecule has 3 heterocycles. The monoisotopic (exact) mass is 524 g/mol. The zero-order valence-corrected chi connectivity index (χ0v) is 21.2. The summed E-state index contributed by atoms with van der Waals surface area (Å²) < 4.78 is 1.06. The van der Waals surface area contributed by atoms with Crippen LogP contribution in [0.1, 0.15) is 55.8 Å². The molecular weight excluding hydrogens is 492 g/mol. The molecule has 34 heavy (non-hydrogen) atoms. The van der Waals surface area contributed by atoms with Gasteiger partial charge in [0.05, 0.1) is 17.2 Å². The molecule has 180 valence electrons. The van der Waals surface area contributed by atoms with Gasteiger partial charge in [-0.25, -0.2) is 0 Å². The Bertz CT molecular complexity index is 1000. The second kappa shape index (κ2) is 10.2. The highest BCUT2D eigenvalue weighted by Gasteiger charge is 2.47. The molecule has 1 aromatic heterocycles. The van der Waals surface area contributed by atoms with Crippen LogP contribution >= 0.6 is 15.9 Å². The van der Waals surface area contributed by atoms with E-state index in [0.717, 1.165) is 74.9 Å². The number of likely N-dealkylation sites (tertiary alicyclic amines) is 2. The zero-order valence-electron chi connectivity index (χ0n) is 19.6. The molecule has 0 bridgehead atoms. The van der Waals surface area contributed by atoms with Crippen molar-refractivity contribution in [3.05, 3.63) is 64.4 Å². The van der Waals surface area contributed by atoms with Crippen LogP contribution in [0.2, 0.25) is 0 Å². The fraction of sp³-hybridized carbons (Fsp3) is 0.519. The number of aromatic nitrogens is 1. The van der Waals surface area contributed by atoms with E-state index in [-0.39, 0.29) is 23.3 Å². The third-order valence-electron chi connectivity index (χ3n) is 7.74. The number of hydrogen-bond acceptors (Lipinski definition) is 4. The summed E-state index contributed by atoms with van der Waals surface area (Å²) in [6.07, 6.45) is 7.44. The van der Waals surface area contributed by atoms with Crippen LogP contribution < -0.4 is 5.32 Å². The van der Waals surface area contributed by atoms with Crippen LogP contribution in [0.4, 0.5) is 0 Å². The molecule has 6 nitrogen and oxygen atoms in total. The van der Waals surface area contributed by atoms with Crippen molar-refractivity contribution in [3.63, 3.8) is 0 Å². The maximum absolute atomic E-state index is 13.3. The number of piperidine rings is 1. The third-order valence-corrected chi connectivity index (χ3v) is 8.27. The van der Waals surface area contributed by atoms with E-state index >= 15 is 0 Å². The van der Waals surface area contributed by atoms with E-state index in [4.69, 9.17) is 0 Å². The molecule has 1 N–H and O–H groups in total. The first kappa shape index (κ1) is 23.5. The van der Waals surface area contributed by atoms with Gasteiger partial charge in [0.1, 0.15) is 0 Å². The highest BCUT2D eigenvalue weighted by atomic mass is 79.9. The van der Waals surface area contributed by atoms with Crippen molar-refractivity contribution in [3.8, 4) is 0 Å². The Labute approximate surface area is 210 Å². The smallest absolute Gasteiger partial charge is 0.229 e. The first-order chi connectivity index (χ1) is 16.5. The van der Waals surface area contributed by atoms with E-state index in [9.17, 15) is 9.59 Å². The fourth-order valence-electron chi connectivity index (χ4n) is 5.35. The molecule has 1 spiro atoms. The normalized spacial score (nSPS) is 21.1. The number of hydrogen-bond donors (Lipinski definition) is 1. The number of carbonyl (C=O) groups is 2. The molecule has 2 aromatic rings. The van der Waals surface area contributed by atoms with Crippen LogP contribution in [-0.2, 0) is 16.1 Å². The number of nitrogens with zero attached hydrogens (tertiary/aromatic N) is 3. The van der Waals surface area contributed by atoms with E-state index in [1.165, 1.54) is 5.56 Å². The van der Waals surface area contributed by atoms with Gasteiger partial charge in [0.15, 0.2) is 0 Å². The highest BCUT2D eigenvalue weighted by molar-refractivity contribution is 9.10. The van der Waals surface area contributed by atoms with Gasteiger partial charge in [-0.3, -0.25) is 14.6 Å². The zero-order chi connectivity index (χ0) is 23.5. The van der Waals surface area contributed by atoms with Crippen molar-refractivity contribution in [2.24, 2.45) is 11.3 Å². The molecular formula is C27H33BrN4O2. The molecule has 2 aliphatic heterocycles. The Hall–Kier alpha value is -2.25. The topological polar surface area (TPSA) is 65.5 Å². The molecule has 1 saturated carbocycles. The minimum atomic E-state index is -0.188. The summed E-state index contributed by atoms with van der Waals surface area (Å²) in [6.45, 7) is 4.32. The molecule has 2 amide bonds. The van der Waals surface area contributed by atoms with Gasteiger partial charge < -0.3 is 15.1 Å². The van der Waals surface area contributed by atoms with Crippen molar-refractivity contribution in [1.82, 2.24) is 20.1 Å². The maximum atomic E-state index is 13.3. The van der Waals surface area contributed by atoms with Gasteiger partial charge in [0.25, 0.3) is 0 Å². The van der Waals surface area contributed by atoms with Crippen LogP contribution in [0.3, 0.4) is 0 Å². The third kappa shape index (κ3) is 5.36. The second-order valence-corrected chi connectivity index (χ2v) is 11.0. The summed E-state index contributed by atoms with van der Waals surface area (Å²) in [5.74, 6) is 0.684. The number of amides is 2.